The Hall–Kier alpha value is -0.410. The molecule has 0 amide bonds. The third-order valence-electron chi connectivity index (χ3n) is 2.84. The highest BCUT2D eigenvalue weighted by atomic mass is 32.1. The Balaban J connectivity index is 2.14. The second kappa shape index (κ2) is 4.41. The van der Waals surface area contributed by atoms with E-state index < -0.39 is 0 Å². The first-order valence-corrected chi connectivity index (χ1v) is 6.32. The fourth-order valence-corrected chi connectivity index (χ4v) is 3.34. The Morgan fingerprint density at radius 1 is 1.50 bits per heavy atom. The highest BCUT2D eigenvalue weighted by molar-refractivity contribution is 7.11. The van der Waals surface area contributed by atoms with E-state index in [-0.39, 0.29) is 0 Å². The van der Waals surface area contributed by atoms with Crippen molar-refractivity contribution in [2.45, 2.75) is 45.1 Å². The van der Waals surface area contributed by atoms with Gasteiger partial charge in [-0.2, -0.15) is 0 Å². The van der Waals surface area contributed by atoms with E-state index in [1.54, 1.807) is 0 Å². The molecule has 1 unspecified atom stereocenters. The second-order valence-corrected chi connectivity index (χ2v) is 5.02. The SMILES string of the molecule is CCCC(NC)c1nc2c(s1)CCC2. The van der Waals surface area contributed by atoms with Crippen LogP contribution < -0.4 is 5.32 Å². The van der Waals surface area contributed by atoms with Crippen LogP contribution in [0.3, 0.4) is 0 Å². The molecule has 3 heteroatoms. The molecule has 2 rings (SSSR count). The molecule has 14 heavy (non-hydrogen) atoms. The summed E-state index contributed by atoms with van der Waals surface area (Å²) < 4.78 is 0. The van der Waals surface area contributed by atoms with Crippen LogP contribution in [0.1, 0.15) is 47.8 Å². The van der Waals surface area contributed by atoms with Gasteiger partial charge in [-0.25, -0.2) is 4.98 Å². The van der Waals surface area contributed by atoms with Crippen LogP contribution in [0.4, 0.5) is 0 Å². The van der Waals surface area contributed by atoms with Gasteiger partial charge in [0.05, 0.1) is 11.7 Å². The third-order valence-corrected chi connectivity index (χ3v) is 4.11. The zero-order chi connectivity index (χ0) is 9.97. The normalized spacial score (nSPS) is 17.0. The number of thiazole rings is 1. The molecular formula is C11H18N2S. The van der Waals surface area contributed by atoms with E-state index in [1.165, 1.54) is 47.7 Å². The predicted octanol–water partition coefficient (Wildman–Crippen LogP) is 2.69. The van der Waals surface area contributed by atoms with Crippen molar-refractivity contribution in [3.63, 3.8) is 0 Å². The monoisotopic (exact) mass is 210 g/mol. The largest absolute Gasteiger partial charge is 0.311 e. The van der Waals surface area contributed by atoms with Crippen molar-refractivity contribution in [3.05, 3.63) is 15.6 Å². The third kappa shape index (κ3) is 1.84. The van der Waals surface area contributed by atoms with E-state index in [2.05, 4.69) is 12.2 Å². The van der Waals surface area contributed by atoms with Gasteiger partial charge in [-0.1, -0.05) is 13.3 Å². The number of aromatic nitrogens is 1. The minimum Gasteiger partial charge on any atom is -0.311 e. The maximum atomic E-state index is 4.74. The van der Waals surface area contributed by atoms with Crippen molar-refractivity contribution in [1.29, 1.82) is 0 Å². The average molecular weight is 210 g/mol. The summed E-state index contributed by atoms with van der Waals surface area (Å²) in [6, 6.07) is 0.482. The van der Waals surface area contributed by atoms with E-state index >= 15 is 0 Å². The van der Waals surface area contributed by atoms with Gasteiger partial charge in [0.1, 0.15) is 5.01 Å². The molecule has 1 heterocycles. The van der Waals surface area contributed by atoms with Gasteiger partial charge in [0.15, 0.2) is 0 Å². The van der Waals surface area contributed by atoms with Crippen LogP contribution in [0.25, 0.3) is 0 Å². The van der Waals surface area contributed by atoms with E-state index in [0.717, 1.165) is 0 Å². The van der Waals surface area contributed by atoms with Crippen molar-refractivity contribution in [2.24, 2.45) is 0 Å². The summed E-state index contributed by atoms with van der Waals surface area (Å²) >= 11 is 1.92. The smallest absolute Gasteiger partial charge is 0.110 e. The molecule has 0 saturated carbocycles. The Labute approximate surface area is 89.8 Å². The molecule has 0 radical (unpaired) electrons. The molecule has 0 fully saturated rings. The highest BCUT2D eigenvalue weighted by Gasteiger charge is 2.20. The maximum absolute atomic E-state index is 4.74. The number of hydrogen-bond acceptors (Lipinski definition) is 3. The summed E-state index contributed by atoms with van der Waals surface area (Å²) in [6.45, 7) is 2.23. The van der Waals surface area contributed by atoms with Crippen molar-refractivity contribution >= 4 is 11.3 Å². The van der Waals surface area contributed by atoms with Crippen molar-refractivity contribution in [1.82, 2.24) is 10.3 Å². The first-order valence-electron chi connectivity index (χ1n) is 5.51. The molecule has 1 aromatic rings. The molecule has 0 bridgehead atoms. The minimum absolute atomic E-state index is 0.482. The standard InChI is InChI=1S/C11H18N2S/c1-3-5-9(12-2)11-13-8-6-4-7-10(8)14-11/h9,12H,3-7H2,1-2H3. The molecule has 78 valence electrons. The van der Waals surface area contributed by atoms with E-state index in [9.17, 15) is 0 Å². The Morgan fingerprint density at radius 2 is 2.36 bits per heavy atom. The van der Waals surface area contributed by atoms with Gasteiger partial charge in [0.2, 0.25) is 0 Å². The number of rotatable bonds is 4. The Morgan fingerprint density at radius 3 is 3.00 bits per heavy atom. The van der Waals surface area contributed by atoms with Crippen LogP contribution in [0.2, 0.25) is 0 Å². The molecule has 0 saturated heterocycles. The van der Waals surface area contributed by atoms with E-state index in [4.69, 9.17) is 4.98 Å². The van der Waals surface area contributed by atoms with Crippen molar-refractivity contribution < 1.29 is 0 Å². The lowest BCUT2D eigenvalue weighted by molar-refractivity contribution is 0.537. The molecule has 1 aliphatic rings. The summed E-state index contributed by atoms with van der Waals surface area (Å²) in [7, 11) is 2.03. The van der Waals surface area contributed by atoms with Gasteiger partial charge < -0.3 is 5.32 Å². The molecule has 1 atom stereocenters. The van der Waals surface area contributed by atoms with Crippen molar-refractivity contribution in [3.8, 4) is 0 Å². The number of hydrogen-bond donors (Lipinski definition) is 1. The lowest BCUT2D eigenvalue weighted by atomic mass is 10.2. The zero-order valence-electron chi connectivity index (χ0n) is 8.97. The Kier molecular flexibility index (Phi) is 3.19. The summed E-state index contributed by atoms with van der Waals surface area (Å²) in [5.74, 6) is 0. The molecule has 1 aromatic heterocycles. The molecule has 2 nitrogen and oxygen atoms in total. The van der Waals surface area contributed by atoms with Crippen LogP contribution in [-0.4, -0.2) is 12.0 Å². The number of nitrogens with one attached hydrogen (secondary N) is 1. The zero-order valence-corrected chi connectivity index (χ0v) is 9.78. The second-order valence-electron chi connectivity index (χ2n) is 3.91. The Bertz CT molecular complexity index is 285. The lowest BCUT2D eigenvalue weighted by Crippen LogP contribution is -2.15. The van der Waals surface area contributed by atoms with Crippen LogP contribution in [0.15, 0.2) is 0 Å². The van der Waals surface area contributed by atoms with Gasteiger partial charge in [-0.15, -0.1) is 11.3 Å². The predicted molar refractivity (Wildman–Crippen MR) is 60.8 cm³/mol. The van der Waals surface area contributed by atoms with E-state index in [1.807, 2.05) is 18.4 Å². The van der Waals surface area contributed by atoms with Crippen molar-refractivity contribution in [2.75, 3.05) is 7.05 Å². The van der Waals surface area contributed by atoms with Gasteiger partial charge in [0, 0.05) is 4.88 Å². The van der Waals surface area contributed by atoms with E-state index in [0.29, 0.717) is 6.04 Å². The number of nitrogens with zero attached hydrogens (tertiary/aromatic N) is 1. The summed E-state index contributed by atoms with van der Waals surface area (Å²) in [5.41, 5.74) is 1.38. The first kappa shape index (κ1) is 10.1. The highest BCUT2D eigenvalue weighted by Crippen LogP contribution is 2.31. The quantitative estimate of drug-likeness (QED) is 0.826. The molecule has 0 aromatic carbocycles. The number of fused-ring (bicyclic) bond motifs is 1. The van der Waals surface area contributed by atoms with Gasteiger partial charge in [-0.3, -0.25) is 0 Å². The molecule has 0 aliphatic heterocycles. The first-order chi connectivity index (χ1) is 6.85. The van der Waals surface area contributed by atoms with Gasteiger partial charge >= 0.3 is 0 Å². The fraction of sp³-hybridized carbons (Fsp3) is 0.727. The summed E-state index contributed by atoms with van der Waals surface area (Å²) in [5, 5.41) is 4.66. The minimum atomic E-state index is 0.482. The lowest BCUT2D eigenvalue weighted by Gasteiger charge is -2.11. The van der Waals surface area contributed by atoms with Crippen LogP contribution in [0.5, 0.6) is 0 Å². The molecule has 0 spiro atoms. The number of aryl methyl sites for hydroxylation is 2. The molecule has 1 aliphatic carbocycles. The topological polar surface area (TPSA) is 24.9 Å². The molecular weight excluding hydrogens is 192 g/mol. The van der Waals surface area contributed by atoms with Gasteiger partial charge in [0.25, 0.3) is 0 Å². The van der Waals surface area contributed by atoms with Crippen LogP contribution in [0, 0.1) is 0 Å². The van der Waals surface area contributed by atoms with Crippen LogP contribution in [-0.2, 0) is 12.8 Å². The summed E-state index contributed by atoms with van der Waals surface area (Å²) in [4.78, 5) is 6.27. The van der Waals surface area contributed by atoms with Gasteiger partial charge in [-0.05, 0) is 32.7 Å². The fourth-order valence-electron chi connectivity index (χ4n) is 2.04. The summed E-state index contributed by atoms with van der Waals surface area (Å²) in [6.07, 6.45) is 6.19. The average Bonchev–Trinajstić information content (AvgIpc) is 2.73. The maximum Gasteiger partial charge on any atom is 0.110 e. The molecule has 1 N–H and O–H groups in total. The van der Waals surface area contributed by atoms with Crippen LogP contribution >= 0.6 is 11.3 Å².